The molecule has 76 heavy (non-hydrogen) atoms. The summed E-state index contributed by atoms with van der Waals surface area (Å²) in [5, 5.41) is 2.50. The quantitative estimate of drug-likeness (QED) is 0.133. The van der Waals surface area contributed by atoms with E-state index in [1.807, 2.05) is 0 Å². The first-order valence-corrected chi connectivity index (χ1v) is 26.9. The van der Waals surface area contributed by atoms with Crippen LogP contribution in [0.4, 0.5) is 17.1 Å². The molecule has 0 unspecified atom stereocenters. The van der Waals surface area contributed by atoms with Crippen molar-refractivity contribution in [2.75, 3.05) is 4.90 Å². The lowest BCUT2D eigenvalue weighted by Gasteiger charge is -2.28. The van der Waals surface area contributed by atoms with Gasteiger partial charge in [0.2, 0.25) is 0 Å². The van der Waals surface area contributed by atoms with E-state index in [4.69, 9.17) is 0 Å². The Morgan fingerprint density at radius 1 is 0.355 bits per heavy atom. The molecule has 0 N–H and O–H groups in total. The highest BCUT2D eigenvalue weighted by Gasteiger charge is 2.38. The fourth-order valence-electron chi connectivity index (χ4n) is 13.1. The highest BCUT2D eigenvalue weighted by molar-refractivity contribution is 6.15. The molecule has 2 aliphatic carbocycles. The fourth-order valence-corrected chi connectivity index (χ4v) is 13.1. The van der Waals surface area contributed by atoms with Gasteiger partial charge in [0.05, 0.1) is 11.0 Å². The second kappa shape index (κ2) is 17.9. The Kier molecular flexibility index (Phi) is 10.7. The maximum Gasteiger partial charge on any atom is 0.0619 e. The summed E-state index contributed by atoms with van der Waals surface area (Å²) < 4.78 is 2.49. The normalized spacial score (nSPS) is 13.6. The van der Waals surface area contributed by atoms with E-state index in [1.165, 1.54) is 105 Å². The second-order valence-electron chi connectivity index (χ2n) is 22.1. The first kappa shape index (κ1) is 45.6. The molecule has 14 rings (SSSR count). The summed E-state index contributed by atoms with van der Waals surface area (Å²) in [5.74, 6) is 0.270. The van der Waals surface area contributed by atoms with Crippen molar-refractivity contribution in [3.05, 3.63) is 300 Å². The van der Waals surface area contributed by atoms with Gasteiger partial charge in [-0.1, -0.05) is 210 Å². The summed E-state index contributed by atoms with van der Waals surface area (Å²) in [5.41, 5.74) is 26.3. The first-order valence-electron chi connectivity index (χ1n) is 26.9. The Morgan fingerprint density at radius 2 is 0.829 bits per heavy atom. The zero-order valence-corrected chi connectivity index (χ0v) is 43.5. The Balaban J connectivity index is 0.892. The molecule has 0 spiro atoms. The summed E-state index contributed by atoms with van der Waals surface area (Å²) >= 11 is 0. The Hall–Kier alpha value is -8.98. The van der Waals surface area contributed by atoms with Crippen molar-refractivity contribution in [1.29, 1.82) is 0 Å². The molecule has 0 saturated carbocycles. The minimum Gasteiger partial charge on any atom is -0.310 e. The molecule has 0 aliphatic heterocycles. The minimum atomic E-state index is -0.261. The number of nitrogens with zero attached hydrogens (tertiary/aromatic N) is 2. The van der Waals surface area contributed by atoms with Crippen molar-refractivity contribution in [3.8, 4) is 50.2 Å². The first-order chi connectivity index (χ1) is 37.2. The number of hydrogen-bond donors (Lipinski definition) is 0. The van der Waals surface area contributed by atoms with Crippen molar-refractivity contribution in [1.82, 2.24) is 4.57 Å². The van der Waals surface area contributed by atoms with Crippen molar-refractivity contribution >= 4 is 38.9 Å². The average molecular weight is 975 g/mol. The zero-order chi connectivity index (χ0) is 51.1. The van der Waals surface area contributed by atoms with Gasteiger partial charge in [0.1, 0.15) is 0 Å². The van der Waals surface area contributed by atoms with E-state index in [2.05, 4.69) is 298 Å². The predicted molar refractivity (Wildman–Crippen MR) is 320 cm³/mol. The van der Waals surface area contributed by atoms with Gasteiger partial charge in [0, 0.05) is 55.8 Å². The van der Waals surface area contributed by atoms with Crippen molar-refractivity contribution < 1.29 is 0 Å². The van der Waals surface area contributed by atoms with Crippen LogP contribution in [0.25, 0.3) is 72.0 Å². The van der Waals surface area contributed by atoms with Crippen LogP contribution in [0.5, 0.6) is 0 Å². The standard InChI is InChI=1S/C74H58N2/c1-73(2)67-43-49(42-64(50-22-10-5-11-23-50)51-24-12-6-13-25-51)34-38-59(67)60-39-35-52(46-68(60)73)54-44-65(72-66(45-54)63-32-20-21-33-71(63)76(72)57-30-18-9-19-31-57)53-36-40-61-62-41-37-58(48-70(62)74(3,4)69(61)47-53)75(55-26-14-7-15-27-55)56-28-16-8-17-29-56/h5-41,43-48,64H,42H2,1-4H3. The van der Waals surface area contributed by atoms with Crippen LogP contribution >= 0.6 is 0 Å². The molecule has 0 radical (unpaired) electrons. The molecule has 2 aliphatic rings. The number of anilines is 3. The third kappa shape index (κ3) is 7.38. The monoisotopic (exact) mass is 974 g/mol. The molecule has 12 aromatic rings. The average Bonchev–Trinajstić information content (AvgIpc) is 4.03. The van der Waals surface area contributed by atoms with E-state index in [0.717, 1.165) is 29.2 Å². The third-order valence-corrected chi connectivity index (χ3v) is 17.0. The molecule has 364 valence electrons. The lowest BCUT2D eigenvalue weighted by molar-refractivity contribution is 0.658. The van der Waals surface area contributed by atoms with Crippen molar-refractivity contribution in [2.45, 2.75) is 50.9 Å². The lowest BCUT2D eigenvalue weighted by Crippen LogP contribution is -2.16. The Morgan fingerprint density at radius 3 is 1.43 bits per heavy atom. The van der Waals surface area contributed by atoms with Crippen LogP contribution in [0.15, 0.2) is 261 Å². The molecule has 0 atom stereocenters. The number of hydrogen-bond acceptors (Lipinski definition) is 1. The summed E-state index contributed by atoms with van der Waals surface area (Å²) in [6.45, 7) is 9.66. The molecule has 0 bridgehead atoms. The van der Waals surface area contributed by atoms with Gasteiger partial charge in [-0.3, -0.25) is 0 Å². The van der Waals surface area contributed by atoms with Gasteiger partial charge in [-0.2, -0.15) is 0 Å². The van der Waals surface area contributed by atoms with Crippen LogP contribution in [0.3, 0.4) is 0 Å². The number of benzene rings is 11. The maximum atomic E-state index is 2.51. The summed E-state index contributed by atoms with van der Waals surface area (Å²) in [6.07, 6.45) is 0.937. The van der Waals surface area contributed by atoms with Crippen LogP contribution in [-0.2, 0) is 17.3 Å². The van der Waals surface area contributed by atoms with Crippen LogP contribution in [0.2, 0.25) is 0 Å². The van der Waals surface area contributed by atoms with Crippen LogP contribution < -0.4 is 4.90 Å². The van der Waals surface area contributed by atoms with Gasteiger partial charge in [-0.05, 0) is 163 Å². The van der Waals surface area contributed by atoms with Gasteiger partial charge >= 0.3 is 0 Å². The molecular formula is C74H58N2. The van der Waals surface area contributed by atoms with Crippen LogP contribution in [0, 0.1) is 0 Å². The number of rotatable bonds is 10. The summed E-state index contributed by atoms with van der Waals surface area (Å²) in [7, 11) is 0. The molecular weight excluding hydrogens is 917 g/mol. The van der Waals surface area contributed by atoms with E-state index in [-0.39, 0.29) is 16.7 Å². The SMILES string of the molecule is CC1(C)c2cc(CC(c3ccccc3)c3ccccc3)ccc2-c2ccc(-c3cc(-c4ccc5c(c4)C(C)(C)c4cc(N(c6ccccc6)c6ccccc6)ccc4-5)c4c(c3)c3ccccc3n4-c3ccccc3)cc21. The van der Waals surface area contributed by atoms with Gasteiger partial charge in [-0.25, -0.2) is 0 Å². The van der Waals surface area contributed by atoms with Gasteiger partial charge in [-0.15, -0.1) is 0 Å². The minimum absolute atomic E-state index is 0.193. The molecule has 0 saturated heterocycles. The molecule has 2 heteroatoms. The number of para-hydroxylation sites is 4. The van der Waals surface area contributed by atoms with E-state index in [0.29, 0.717) is 0 Å². The number of aromatic nitrogens is 1. The maximum absolute atomic E-state index is 2.51. The van der Waals surface area contributed by atoms with E-state index < -0.39 is 0 Å². The highest BCUT2D eigenvalue weighted by atomic mass is 15.1. The highest BCUT2D eigenvalue weighted by Crippen LogP contribution is 2.54. The largest absolute Gasteiger partial charge is 0.310 e. The molecule has 11 aromatic carbocycles. The Bertz CT molecular complexity index is 4090. The van der Waals surface area contributed by atoms with Crippen LogP contribution in [0.1, 0.15) is 72.6 Å². The zero-order valence-electron chi connectivity index (χ0n) is 43.5. The number of fused-ring (bicyclic) bond motifs is 9. The van der Waals surface area contributed by atoms with E-state index in [1.54, 1.807) is 0 Å². The molecule has 2 nitrogen and oxygen atoms in total. The molecule has 0 amide bonds. The smallest absolute Gasteiger partial charge is 0.0619 e. The summed E-state index contributed by atoms with van der Waals surface area (Å²) in [4.78, 5) is 2.37. The van der Waals surface area contributed by atoms with Crippen LogP contribution in [-0.4, -0.2) is 4.57 Å². The van der Waals surface area contributed by atoms with Crippen molar-refractivity contribution in [2.24, 2.45) is 0 Å². The topological polar surface area (TPSA) is 8.17 Å². The van der Waals surface area contributed by atoms with Gasteiger partial charge < -0.3 is 9.47 Å². The molecule has 1 aromatic heterocycles. The van der Waals surface area contributed by atoms with Crippen molar-refractivity contribution in [3.63, 3.8) is 0 Å². The second-order valence-corrected chi connectivity index (χ2v) is 22.1. The molecule has 1 heterocycles. The van der Waals surface area contributed by atoms with Gasteiger partial charge in [0.25, 0.3) is 0 Å². The molecule has 0 fully saturated rings. The predicted octanol–water partition coefficient (Wildman–Crippen LogP) is 19.6. The van der Waals surface area contributed by atoms with Gasteiger partial charge in [0.15, 0.2) is 0 Å². The van der Waals surface area contributed by atoms with E-state index >= 15 is 0 Å². The fraction of sp³-hybridized carbons (Fsp3) is 0.108. The Labute approximate surface area is 446 Å². The summed E-state index contributed by atoms with van der Waals surface area (Å²) in [6, 6.07) is 97.2. The lowest BCUT2D eigenvalue weighted by atomic mass is 9.79. The van der Waals surface area contributed by atoms with E-state index in [9.17, 15) is 0 Å². The third-order valence-electron chi connectivity index (χ3n) is 17.0.